The van der Waals surface area contributed by atoms with Crippen LogP contribution in [0.4, 0.5) is 0 Å². The Morgan fingerprint density at radius 1 is 0.577 bits per heavy atom. The zero-order valence-corrected chi connectivity index (χ0v) is 18.3. The molecule has 0 radical (unpaired) electrons. The van der Waals surface area contributed by atoms with E-state index in [1.165, 1.54) is 74.8 Å². The summed E-state index contributed by atoms with van der Waals surface area (Å²) in [6.07, 6.45) is 13.9. The van der Waals surface area contributed by atoms with Crippen LogP contribution in [0.3, 0.4) is 0 Å². The Hall–Kier alpha value is -0.840. The number of rotatable bonds is 12. The fourth-order valence-electron chi connectivity index (χ4n) is 3.55. The van der Waals surface area contributed by atoms with Gasteiger partial charge in [0.25, 0.3) is 0 Å². The molecule has 2 aromatic carbocycles. The van der Waals surface area contributed by atoms with E-state index < -0.39 is 7.26 Å². The van der Waals surface area contributed by atoms with Crippen LogP contribution in [0.1, 0.15) is 56.1 Å². The number of halogens is 1. The van der Waals surface area contributed by atoms with E-state index in [4.69, 9.17) is 0 Å². The molecule has 0 saturated heterocycles. The minimum Gasteiger partial charge on any atom is -1.00 e. The van der Waals surface area contributed by atoms with Crippen LogP contribution >= 0.6 is 7.26 Å². The van der Waals surface area contributed by atoms with Crippen molar-refractivity contribution in [3.63, 3.8) is 0 Å². The van der Waals surface area contributed by atoms with Gasteiger partial charge in [0.15, 0.2) is 0 Å². The van der Waals surface area contributed by atoms with Gasteiger partial charge in [-0.2, -0.15) is 0 Å². The van der Waals surface area contributed by atoms with Crippen molar-refractivity contribution in [2.75, 3.05) is 19.5 Å². The molecule has 2 rings (SSSR count). The van der Waals surface area contributed by atoms with Gasteiger partial charge in [0.05, 0.1) is 12.3 Å². The lowest BCUT2D eigenvalue weighted by atomic mass is 10.0. The second-order valence-corrected chi connectivity index (χ2v) is 12.6. The summed E-state index contributed by atoms with van der Waals surface area (Å²) in [5.74, 6) is 0. The molecule has 0 N–H and O–H groups in total. The Morgan fingerprint density at radius 3 is 1.62 bits per heavy atom. The van der Waals surface area contributed by atoms with E-state index in [1.54, 1.807) is 0 Å². The summed E-state index contributed by atoms with van der Waals surface area (Å²) < 4.78 is 0. The molecule has 0 aliphatic carbocycles. The van der Waals surface area contributed by atoms with Crippen LogP contribution in [-0.2, 0) is 12.6 Å². The van der Waals surface area contributed by atoms with Crippen molar-refractivity contribution in [2.24, 2.45) is 0 Å². The maximum absolute atomic E-state index is 2.53. The van der Waals surface area contributed by atoms with E-state index in [9.17, 15) is 0 Å². The predicted molar refractivity (Wildman–Crippen MR) is 116 cm³/mol. The molecule has 0 nitrogen and oxygen atoms in total. The van der Waals surface area contributed by atoms with Crippen molar-refractivity contribution in [2.45, 2.75) is 57.5 Å². The molecular formula is C24H36ClP. The lowest BCUT2D eigenvalue weighted by Crippen LogP contribution is -3.00. The van der Waals surface area contributed by atoms with Crippen molar-refractivity contribution < 1.29 is 12.4 Å². The third kappa shape index (κ3) is 10.3. The lowest BCUT2D eigenvalue weighted by molar-refractivity contribution is -0.00000546. The van der Waals surface area contributed by atoms with Crippen LogP contribution in [0, 0.1) is 0 Å². The maximum atomic E-state index is 2.53. The number of unbranched alkanes of at least 4 members (excludes halogenated alkanes) is 6. The summed E-state index contributed by atoms with van der Waals surface area (Å²) in [5.41, 5.74) is 3.02. The number of hydrogen-bond acceptors (Lipinski definition) is 0. The monoisotopic (exact) mass is 390 g/mol. The molecule has 0 spiro atoms. The predicted octanol–water partition coefficient (Wildman–Crippen LogP) is 4.44. The zero-order valence-electron chi connectivity index (χ0n) is 16.7. The summed E-state index contributed by atoms with van der Waals surface area (Å²) in [5, 5.41) is 0. The molecular weight excluding hydrogens is 355 g/mol. The number of hydrogen-bond donors (Lipinski definition) is 0. The Morgan fingerprint density at radius 2 is 1.04 bits per heavy atom. The standard InChI is InChI=1S/C24H36P.ClH/c1-25(2,22-24-19-13-9-14-20-24)21-15-7-5-3-4-6-10-16-23-17-11-8-12-18-23;/h8-9,11-14,17-20H,3-7,10,15-16,21-22H2,1-2H3;1H/q+1;/p-1. The summed E-state index contributed by atoms with van der Waals surface area (Å²) in [6, 6.07) is 21.9. The van der Waals surface area contributed by atoms with Gasteiger partial charge in [-0.15, -0.1) is 0 Å². The van der Waals surface area contributed by atoms with Gasteiger partial charge in [0.2, 0.25) is 0 Å². The zero-order chi connectivity index (χ0) is 17.8. The average molecular weight is 391 g/mol. The maximum Gasteiger partial charge on any atom is 0.0837 e. The van der Waals surface area contributed by atoms with Gasteiger partial charge in [-0.1, -0.05) is 86.3 Å². The van der Waals surface area contributed by atoms with Crippen molar-refractivity contribution in [1.29, 1.82) is 0 Å². The molecule has 0 atom stereocenters. The quantitative estimate of drug-likeness (QED) is 0.371. The molecule has 2 heteroatoms. The molecule has 144 valence electrons. The minimum atomic E-state index is -0.765. The molecule has 0 aromatic heterocycles. The van der Waals surface area contributed by atoms with Crippen molar-refractivity contribution in [1.82, 2.24) is 0 Å². The molecule has 0 amide bonds. The van der Waals surface area contributed by atoms with E-state index in [0.717, 1.165) is 0 Å². The lowest BCUT2D eigenvalue weighted by Gasteiger charge is -2.18. The first-order chi connectivity index (χ1) is 12.2. The van der Waals surface area contributed by atoms with Crippen LogP contribution < -0.4 is 12.4 Å². The van der Waals surface area contributed by atoms with Crippen molar-refractivity contribution in [3.05, 3.63) is 71.8 Å². The van der Waals surface area contributed by atoms with Crippen LogP contribution in [-0.4, -0.2) is 19.5 Å². The van der Waals surface area contributed by atoms with Gasteiger partial charge in [-0.25, -0.2) is 0 Å². The summed E-state index contributed by atoms with van der Waals surface area (Å²) in [6.45, 7) is 5.06. The molecule has 0 bridgehead atoms. The first-order valence-electron chi connectivity index (χ1n) is 10.1. The molecule has 0 fully saturated rings. The van der Waals surface area contributed by atoms with E-state index in [2.05, 4.69) is 74.0 Å². The second kappa shape index (κ2) is 13.3. The molecule has 0 heterocycles. The van der Waals surface area contributed by atoms with Crippen molar-refractivity contribution >= 4 is 7.26 Å². The molecule has 26 heavy (non-hydrogen) atoms. The van der Waals surface area contributed by atoms with E-state index in [-0.39, 0.29) is 12.4 Å². The SMILES string of the molecule is C[P+](C)(CCCCCCCCCc1ccccc1)Cc1ccccc1.[Cl-]. The molecule has 2 aromatic rings. The number of aryl methyl sites for hydroxylation is 1. The van der Waals surface area contributed by atoms with Crippen LogP contribution in [0.2, 0.25) is 0 Å². The first-order valence-corrected chi connectivity index (χ1v) is 13.1. The van der Waals surface area contributed by atoms with Gasteiger partial charge in [-0.05, 0) is 36.8 Å². The average Bonchev–Trinajstić information content (AvgIpc) is 2.61. The highest BCUT2D eigenvalue weighted by Gasteiger charge is 2.24. The molecule has 0 saturated carbocycles. The Bertz CT molecular complexity index is 565. The van der Waals surface area contributed by atoms with Gasteiger partial charge in [-0.3, -0.25) is 0 Å². The summed E-state index contributed by atoms with van der Waals surface area (Å²) >= 11 is 0. The first kappa shape index (κ1) is 23.2. The van der Waals surface area contributed by atoms with Crippen LogP contribution in [0.5, 0.6) is 0 Å². The van der Waals surface area contributed by atoms with Gasteiger partial charge in [0.1, 0.15) is 0 Å². The molecule has 0 unspecified atom stereocenters. The highest BCUT2D eigenvalue weighted by atomic mass is 35.5. The third-order valence-electron chi connectivity index (χ3n) is 5.03. The van der Waals surface area contributed by atoms with E-state index in [1.807, 2.05) is 0 Å². The number of benzene rings is 2. The Kier molecular flexibility index (Phi) is 11.9. The van der Waals surface area contributed by atoms with Gasteiger partial charge < -0.3 is 12.4 Å². The fourth-order valence-corrected chi connectivity index (χ4v) is 5.99. The topological polar surface area (TPSA) is 0 Å². The highest BCUT2D eigenvalue weighted by Crippen LogP contribution is 2.54. The molecule has 0 aliphatic rings. The normalized spacial score (nSPS) is 11.2. The van der Waals surface area contributed by atoms with Crippen LogP contribution in [0.15, 0.2) is 60.7 Å². The van der Waals surface area contributed by atoms with E-state index in [0.29, 0.717) is 0 Å². The Balaban J connectivity index is 0.00000338. The minimum absolute atomic E-state index is 0. The van der Waals surface area contributed by atoms with Crippen molar-refractivity contribution in [3.8, 4) is 0 Å². The summed E-state index contributed by atoms with van der Waals surface area (Å²) in [4.78, 5) is 0. The van der Waals surface area contributed by atoms with Gasteiger partial charge >= 0.3 is 0 Å². The Labute approximate surface area is 168 Å². The fraction of sp³-hybridized carbons (Fsp3) is 0.500. The smallest absolute Gasteiger partial charge is 0.0837 e. The largest absolute Gasteiger partial charge is 1.00 e. The third-order valence-corrected chi connectivity index (χ3v) is 7.77. The second-order valence-electron chi connectivity index (χ2n) is 8.01. The van der Waals surface area contributed by atoms with Crippen LogP contribution in [0.25, 0.3) is 0 Å². The molecule has 0 aliphatic heterocycles. The highest BCUT2D eigenvalue weighted by molar-refractivity contribution is 7.73. The van der Waals surface area contributed by atoms with Gasteiger partial charge in [0, 0.05) is 20.6 Å². The van der Waals surface area contributed by atoms with E-state index >= 15 is 0 Å². The summed E-state index contributed by atoms with van der Waals surface area (Å²) in [7, 11) is -0.765.